The van der Waals surface area contributed by atoms with Crippen LogP contribution >= 0.6 is 27.3 Å². The van der Waals surface area contributed by atoms with Gasteiger partial charge in [-0.15, -0.1) is 0 Å². The average Bonchev–Trinajstić information content (AvgIpc) is 3.00. The van der Waals surface area contributed by atoms with Crippen LogP contribution in [0.1, 0.15) is 12.8 Å². The highest BCUT2D eigenvalue weighted by Gasteiger charge is 2.15. The third kappa shape index (κ3) is 5.85. The summed E-state index contributed by atoms with van der Waals surface area (Å²) in [5.41, 5.74) is 0.547. The van der Waals surface area contributed by atoms with E-state index in [1.807, 2.05) is 0 Å². The standard InChI is InChI=1S/C13H13BrN4O5S2/c14-9-3-1-4-10(7-9)17(25(22)23)6-2-5-11(19)16-13-15-8-12(24-13)18(20)21/h1,3-4,7-8H,2,5-6H2,(H,22,23)(H,15,16,19). The molecule has 25 heavy (non-hydrogen) atoms. The lowest BCUT2D eigenvalue weighted by atomic mass is 10.2. The van der Waals surface area contributed by atoms with Gasteiger partial charge in [-0.25, -0.2) is 9.19 Å². The van der Waals surface area contributed by atoms with Crippen molar-refractivity contribution in [2.75, 3.05) is 16.2 Å². The molecule has 0 spiro atoms. The Bertz CT molecular complexity index is 800. The number of rotatable bonds is 8. The van der Waals surface area contributed by atoms with Crippen molar-refractivity contribution in [1.82, 2.24) is 4.98 Å². The van der Waals surface area contributed by atoms with E-state index < -0.39 is 16.2 Å². The minimum Gasteiger partial charge on any atom is -0.302 e. The molecule has 0 bridgehead atoms. The van der Waals surface area contributed by atoms with E-state index in [0.717, 1.165) is 22.0 Å². The van der Waals surface area contributed by atoms with Crippen LogP contribution in [-0.2, 0) is 16.1 Å². The second-order valence-corrected chi connectivity index (χ2v) is 7.55. The largest absolute Gasteiger partial charge is 0.345 e. The molecular weight excluding hydrogens is 436 g/mol. The Morgan fingerprint density at radius 2 is 2.28 bits per heavy atom. The van der Waals surface area contributed by atoms with E-state index in [9.17, 15) is 23.7 Å². The molecule has 1 aromatic carbocycles. The summed E-state index contributed by atoms with van der Waals surface area (Å²) < 4.78 is 22.9. The van der Waals surface area contributed by atoms with E-state index >= 15 is 0 Å². The van der Waals surface area contributed by atoms with Crippen LogP contribution in [0, 0.1) is 10.1 Å². The van der Waals surface area contributed by atoms with Gasteiger partial charge in [0, 0.05) is 17.4 Å². The number of anilines is 2. The first-order chi connectivity index (χ1) is 11.9. The Morgan fingerprint density at radius 3 is 2.88 bits per heavy atom. The van der Waals surface area contributed by atoms with Crippen molar-refractivity contribution in [2.24, 2.45) is 0 Å². The normalized spacial score (nSPS) is 11.8. The number of hydrogen-bond acceptors (Lipinski definition) is 6. The Hall–Kier alpha value is -1.89. The number of nitrogens with zero attached hydrogens (tertiary/aromatic N) is 3. The zero-order valence-corrected chi connectivity index (χ0v) is 15.8. The van der Waals surface area contributed by atoms with Crippen molar-refractivity contribution in [2.45, 2.75) is 12.8 Å². The Balaban J connectivity index is 1.87. The van der Waals surface area contributed by atoms with Gasteiger partial charge in [0.05, 0.1) is 10.6 Å². The van der Waals surface area contributed by atoms with Gasteiger partial charge >= 0.3 is 5.00 Å². The molecule has 134 valence electrons. The quantitative estimate of drug-likeness (QED) is 0.362. The number of carbonyl (C=O) groups excluding carboxylic acids is 1. The summed E-state index contributed by atoms with van der Waals surface area (Å²) in [6, 6.07) is 6.92. The van der Waals surface area contributed by atoms with Crippen LogP contribution in [0.15, 0.2) is 34.9 Å². The number of benzene rings is 1. The van der Waals surface area contributed by atoms with Gasteiger partial charge in [-0.1, -0.05) is 22.0 Å². The average molecular weight is 449 g/mol. The summed E-state index contributed by atoms with van der Waals surface area (Å²) in [6.07, 6.45) is 1.47. The minimum absolute atomic E-state index is 0.0785. The monoisotopic (exact) mass is 448 g/mol. The molecule has 9 nitrogen and oxygen atoms in total. The third-order valence-electron chi connectivity index (χ3n) is 2.97. The predicted molar refractivity (Wildman–Crippen MR) is 98.9 cm³/mol. The molecule has 0 fully saturated rings. The SMILES string of the molecule is O=C(CCCN(c1cccc(Br)c1)S(=O)O)Nc1ncc([N+](=O)[O-])s1. The molecule has 1 atom stereocenters. The summed E-state index contributed by atoms with van der Waals surface area (Å²) in [5.74, 6) is -0.373. The molecule has 0 aliphatic heterocycles. The fraction of sp³-hybridized carbons (Fsp3) is 0.231. The van der Waals surface area contributed by atoms with Crippen LogP contribution in [0.2, 0.25) is 0 Å². The Labute approximate surface area is 157 Å². The molecular formula is C13H13BrN4O5S2. The fourth-order valence-electron chi connectivity index (χ4n) is 1.90. The topological polar surface area (TPSA) is 126 Å². The van der Waals surface area contributed by atoms with Crippen molar-refractivity contribution >= 4 is 60.3 Å². The molecule has 1 unspecified atom stereocenters. The fourth-order valence-corrected chi connectivity index (χ4v) is 3.52. The van der Waals surface area contributed by atoms with E-state index in [4.69, 9.17) is 0 Å². The van der Waals surface area contributed by atoms with Crippen molar-refractivity contribution in [3.05, 3.63) is 45.0 Å². The first kappa shape index (κ1) is 19.4. The van der Waals surface area contributed by atoms with Crippen LogP contribution in [0.5, 0.6) is 0 Å². The zero-order chi connectivity index (χ0) is 18.4. The van der Waals surface area contributed by atoms with Crippen molar-refractivity contribution < 1.29 is 18.5 Å². The number of hydrogen-bond donors (Lipinski definition) is 2. The van der Waals surface area contributed by atoms with E-state index in [0.29, 0.717) is 12.1 Å². The molecule has 2 rings (SSSR count). The highest BCUT2D eigenvalue weighted by Crippen LogP contribution is 2.25. The predicted octanol–water partition coefficient (Wildman–Crippen LogP) is 3.18. The lowest BCUT2D eigenvalue weighted by molar-refractivity contribution is -0.380. The number of carbonyl (C=O) groups is 1. The molecule has 1 aromatic heterocycles. The van der Waals surface area contributed by atoms with Gasteiger partial charge in [-0.05, 0) is 36.0 Å². The van der Waals surface area contributed by atoms with Crippen LogP contribution < -0.4 is 9.62 Å². The maximum absolute atomic E-state index is 11.9. The van der Waals surface area contributed by atoms with Crippen LogP contribution in [0.25, 0.3) is 0 Å². The first-order valence-electron chi connectivity index (χ1n) is 6.91. The van der Waals surface area contributed by atoms with Gasteiger partial charge in [-0.3, -0.25) is 23.8 Å². The summed E-state index contributed by atoms with van der Waals surface area (Å²) in [4.78, 5) is 25.6. The van der Waals surface area contributed by atoms with Crippen LogP contribution in [-0.4, -0.2) is 31.1 Å². The summed E-state index contributed by atoms with van der Waals surface area (Å²) in [6.45, 7) is 0.186. The molecule has 2 aromatic rings. The minimum atomic E-state index is -2.22. The lowest BCUT2D eigenvalue weighted by Gasteiger charge is -2.19. The molecule has 0 saturated heterocycles. The van der Waals surface area contributed by atoms with Crippen molar-refractivity contribution in [3.63, 3.8) is 0 Å². The molecule has 1 amide bonds. The molecule has 0 aliphatic carbocycles. The van der Waals surface area contributed by atoms with Gasteiger partial charge in [0.1, 0.15) is 6.20 Å². The number of nitro groups is 1. The van der Waals surface area contributed by atoms with Crippen LogP contribution in [0.4, 0.5) is 15.8 Å². The first-order valence-corrected chi connectivity index (χ1v) is 9.58. The third-order valence-corrected chi connectivity index (χ3v) is 5.10. The van der Waals surface area contributed by atoms with E-state index in [1.54, 1.807) is 24.3 Å². The molecule has 12 heteroatoms. The molecule has 0 saturated carbocycles. The highest BCUT2D eigenvalue weighted by molar-refractivity contribution is 9.10. The number of halogens is 1. The lowest BCUT2D eigenvalue weighted by Crippen LogP contribution is -2.27. The van der Waals surface area contributed by atoms with Gasteiger partial charge < -0.3 is 5.32 Å². The number of amides is 1. The Kier molecular flexibility index (Phi) is 6.99. The summed E-state index contributed by atoms with van der Waals surface area (Å²) in [7, 11) is 0. The van der Waals surface area contributed by atoms with Gasteiger partial charge in [0.2, 0.25) is 5.91 Å². The molecule has 0 aliphatic rings. The number of thiazole rings is 1. The van der Waals surface area contributed by atoms with Gasteiger partial charge in [0.15, 0.2) is 5.13 Å². The van der Waals surface area contributed by atoms with E-state index in [1.165, 1.54) is 4.31 Å². The molecule has 0 radical (unpaired) electrons. The number of aromatic nitrogens is 1. The van der Waals surface area contributed by atoms with Crippen molar-refractivity contribution in [3.8, 4) is 0 Å². The van der Waals surface area contributed by atoms with Crippen LogP contribution in [0.3, 0.4) is 0 Å². The van der Waals surface area contributed by atoms with E-state index in [2.05, 4.69) is 26.2 Å². The maximum Gasteiger partial charge on any atom is 0.345 e. The number of nitrogens with one attached hydrogen (secondary N) is 1. The van der Waals surface area contributed by atoms with Gasteiger partial charge in [0.25, 0.3) is 11.3 Å². The molecule has 1 heterocycles. The second kappa shape index (κ2) is 8.99. The van der Waals surface area contributed by atoms with Gasteiger partial charge in [-0.2, -0.15) is 0 Å². The molecule has 2 N–H and O–H groups in total. The van der Waals surface area contributed by atoms with Crippen molar-refractivity contribution in [1.29, 1.82) is 0 Å². The smallest absolute Gasteiger partial charge is 0.302 e. The van der Waals surface area contributed by atoms with E-state index in [-0.39, 0.29) is 29.0 Å². The zero-order valence-electron chi connectivity index (χ0n) is 12.6. The summed E-state index contributed by atoms with van der Waals surface area (Å²) >= 11 is 1.84. The second-order valence-electron chi connectivity index (χ2n) is 4.73. The highest BCUT2D eigenvalue weighted by atomic mass is 79.9. The maximum atomic E-state index is 11.9. The Morgan fingerprint density at radius 1 is 1.52 bits per heavy atom. The summed E-state index contributed by atoms with van der Waals surface area (Å²) in [5, 5.41) is 13.0.